The molecule has 0 saturated carbocycles. The second-order valence-corrected chi connectivity index (χ2v) is 27.9. The van der Waals surface area contributed by atoms with Crippen LogP contribution in [0.25, 0.3) is 0 Å². The normalized spacial score (nSPS) is 13.9. The van der Waals surface area contributed by atoms with Gasteiger partial charge in [-0.3, -0.25) is 14.2 Å². The number of rotatable bonds is 68. The number of ether oxygens (including phenoxy) is 1. The molecule has 0 fully saturated rings. The lowest BCUT2D eigenvalue weighted by atomic mass is 10.0. The van der Waals surface area contributed by atoms with Crippen LogP contribution in [0.4, 0.5) is 0 Å². The van der Waals surface area contributed by atoms with E-state index in [0.29, 0.717) is 17.4 Å². The van der Waals surface area contributed by atoms with E-state index in [2.05, 4.69) is 86.8 Å². The zero-order valence-corrected chi connectivity index (χ0v) is 59.1. The summed E-state index contributed by atoms with van der Waals surface area (Å²) in [4.78, 5) is 40.2. The summed E-state index contributed by atoms with van der Waals surface area (Å²) >= 11 is 0. The average molecular weight is 1240 g/mol. The number of phosphoric ester groups is 1. The number of nitrogens with zero attached hydrogens (tertiary/aromatic N) is 1. The van der Waals surface area contributed by atoms with E-state index >= 15 is 0 Å². The van der Waals surface area contributed by atoms with Crippen LogP contribution in [0.2, 0.25) is 0 Å². The van der Waals surface area contributed by atoms with Gasteiger partial charge in [0.2, 0.25) is 5.91 Å². The molecule has 3 unspecified atom stereocenters. The third-order valence-electron chi connectivity index (χ3n) is 16.6. The van der Waals surface area contributed by atoms with Crippen molar-refractivity contribution in [3.05, 3.63) is 72.9 Å². The molecule has 3 atom stereocenters. The molecule has 0 rings (SSSR count). The topological polar surface area (TPSA) is 114 Å². The van der Waals surface area contributed by atoms with Crippen molar-refractivity contribution in [2.45, 2.75) is 367 Å². The van der Waals surface area contributed by atoms with Crippen LogP contribution in [-0.2, 0) is 27.9 Å². The summed E-state index contributed by atoms with van der Waals surface area (Å²) in [5.41, 5.74) is 0. The van der Waals surface area contributed by atoms with Crippen molar-refractivity contribution in [2.75, 3.05) is 40.9 Å². The predicted octanol–water partition coefficient (Wildman–Crippen LogP) is 23.3. The fraction of sp³-hybridized carbons (Fsp3) is 0.818. The molecule has 0 aromatic heterocycles. The molecule has 508 valence electrons. The fourth-order valence-electron chi connectivity index (χ4n) is 10.9. The molecule has 0 heterocycles. The Balaban J connectivity index is 4.95. The number of amides is 1. The highest BCUT2D eigenvalue weighted by atomic mass is 31.2. The van der Waals surface area contributed by atoms with Crippen molar-refractivity contribution >= 4 is 19.7 Å². The number of likely N-dealkylation sites (N-methyl/N-ethyl adjacent to an activating group) is 1. The molecular formula is C77H143N2O7P. The van der Waals surface area contributed by atoms with Crippen LogP contribution < -0.4 is 10.2 Å². The lowest BCUT2D eigenvalue weighted by molar-refractivity contribution is -0.870. The first-order chi connectivity index (χ1) is 42.4. The molecule has 0 aliphatic carbocycles. The number of quaternary nitrogens is 1. The average Bonchev–Trinajstić information content (AvgIpc) is 3.70. The highest BCUT2D eigenvalue weighted by molar-refractivity contribution is 7.45. The van der Waals surface area contributed by atoms with Gasteiger partial charge >= 0.3 is 5.97 Å². The summed E-state index contributed by atoms with van der Waals surface area (Å²) in [6, 6.07) is -0.891. The Hall–Kier alpha value is -2.55. The van der Waals surface area contributed by atoms with Crippen LogP contribution in [0, 0.1) is 0 Å². The van der Waals surface area contributed by atoms with E-state index in [-0.39, 0.29) is 31.5 Å². The summed E-state index contributed by atoms with van der Waals surface area (Å²) in [5, 5.41) is 3.05. The van der Waals surface area contributed by atoms with Gasteiger partial charge < -0.3 is 28.5 Å². The zero-order valence-electron chi connectivity index (χ0n) is 58.2. The Kier molecular flexibility index (Phi) is 64.4. The quantitative estimate of drug-likeness (QED) is 0.0212. The predicted molar refractivity (Wildman–Crippen MR) is 376 cm³/mol. The summed E-state index contributed by atoms with van der Waals surface area (Å²) in [6.45, 7) is 6.83. The number of carbonyl (C=O) groups is 2. The maximum atomic E-state index is 13.6. The van der Waals surface area contributed by atoms with E-state index in [0.717, 1.165) is 77.0 Å². The van der Waals surface area contributed by atoms with E-state index in [4.69, 9.17) is 13.8 Å². The minimum Gasteiger partial charge on any atom is -0.756 e. The Morgan fingerprint density at radius 2 is 0.701 bits per heavy atom. The Labute approximate surface area is 540 Å². The Bertz CT molecular complexity index is 1720. The smallest absolute Gasteiger partial charge is 0.306 e. The van der Waals surface area contributed by atoms with Gasteiger partial charge in [-0.2, -0.15) is 0 Å². The molecule has 1 amide bonds. The molecular weight excluding hydrogens is 1100 g/mol. The van der Waals surface area contributed by atoms with Crippen molar-refractivity contribution in [1.82, 2.24) is 5.32 Å². The van der Waals surface area contributed by atoms with Gasteiger partial charge in [-0.05, 0) is 102 Å². The highest BCUT2D eigenvalue weighted by Crippen LogP contribution is 2.38. The lowest BCUT2D eigenvalue weighted by Gasteiger charge is -2.30. The number of unbranched alkanes of at least 4 members (excludes halogenated alkanes) is 42. The standard InChI is InChI=1S/C77H143N2O7P/c1-7-10-13-16-19-22-25-27-29-31-33-35-37-39-41-43-45-47-49-51-54-57-60-63-66-69-76(80)78-74(73-85-87(82,83)84-72-71-79(4,5)6)75(68-65-62-59-56-53-24-21-18-15-12-9-3)86-77(81)70-67-64-61-58-55-52-50-48-46-44-42-40-38-36-34-32-30-28-26-23-20-17-14-11-8-2/h19-20,22-23,27-30,34,36,65,68,74-75H,7-18,21,24-26,31-33,35,37-64,66-67,69-73H2,1-6H3,(H-,78,80,82,83)/b22-19-,23-20-,29-27-,30-28-,36-34-,68-65+. The van der Waals surface area contributed by atoms with Gasteiger partial charge in [-0.1, -0.05) is 312 Å². The number of esters is 1. The van der Waals surface area contributed by atoms with E-state index in [1.54, 1.807) is 0 Å². The van der Waals surface area contributed by atoms with E-state index in [9.17, 15) is 19.0 Å². The van der Waals surface area contributed by atoms with Gasteiger partial charge in [0.25, 0.3) is 7.82 Å². The number of carbonyl (C=O) groups excluding carboxylic acids is 2. The summed E-state index contributed by atoms with van der Waals surface area (Å²) in [5.74, 6) is -0.531. The molecule has 1 N–H and O–H groups in total. The minimum atomic E-state index is -4.71. The second-order valence-electron chi connectivity index (χ2n) is 26.4. The molecule has 9 nitrogen and oxygen atoms in total. The molecule has 0 saturated heterocycles. The van der Waals surface area contributed by atoms with Crippen molar-refractivity contribution in [3.63, 3.8) is 0 Å². The Morgan fingerprint density at radius 1 is 0.402 bits per heavy atom. The van der Waals surface area contributed by atoms with Gasteiger partial charge in [0.15, 0.2) is 0 Å². The van der Waals surface area contributed by atoms with Crippen molar-refractivity contribution in [2.24, 2.45) is 0 Å². The third kappa shape index (κ3) is 67.7. The monoisotopic (exact) mass is 1240 g/mol. The number of allylic oxidation sites excluding steroid dienone is 11. The largest absolute Gasteiger partial charge is 0.756 e. The van der Waals surface area contributed by atoms with Gasteiger partial charge in [-0.25, -0.2) is 0 Å². The van der Waals surface area contributed by atoms with Crippen LogP contribution in [0.5, 0.6) is 0 Å². The molecule has 0 aliphatic rings. The van der Waals surface area contributed by atoms with Crippen molar-refractivity contribution in [3.8, 4) is 0 Å². The van der Waals surface area contributed by atoms with Crippen molar-refractivity contribution in [1.29, 1.82) is 0 Å². The number of hydrogen-bond donors (Lipinski definition) is 1. The highest BCUT2D eigenvalue weighted by Gasteiger charge is 2.27. The first-order valence-corrected chi connectivity index (χ1v) is 38.7. The fourth-order valence-corrected chi connectivity index (χ4v) is 11.6. The molecule has 0 radical (unpaired) electrons. The number of phosphoric acid groups is 1. The van der Waals surface area contributed by atoms with E-state index < -0.39 is 20.0 Å². The SMILES string of the molecule is CCCCC/C=C\C/C=C\C/C=C\CCCCCCCCCCCCCCC(=O)OC(/C=C/CCCCCCCCCCC)C(COP(=O)([O-])OCC[N+](C)(C)C)NC(=O)CCCCCCCCCCCCCCCCC/C=C\C/C=C\CCCCC. The minimum absolute atomic E-state index is 0.0230. The van der Waals surface area contributed by atoms with Crippen LogP contribution >= 0.6 is 7.82 Å². The van der Waals surface area contributed by atoms with Crippen LogP contribution in [-0.4, -0.2) is 69.4 Å². The third-order valence-corrected chi connectivity index (χ3v) is 17.6. The summed E-state index contributed by atoms with van der Waals surface area (Å²) < 4.78 is 30.5. The molecule has 0 aromatic rings. The maximum absolute atomic E-state index is 13.6. The molecule has 87 heavy (non-hydrogen) atoms. The van der Waals surface area contributed by atoms with Gasteiger partial charge in [0.1, 0.15) is 19.3 Å². The molecule has 10 heteroatoms. The van der Waals surface area contributed by atoms with Gasteiger partial charge in [0, 0.05) is 12.8 Å². The van der Waals surface area contributed by atoms with Crippen LogP contribution in [0.1, 0.15) is 355 Å². The summed E-state index contributed by atoms with van der Waals surface area (Å²) in [6.07, 6.45) is 87.5. The second kappa shape index (κ2) is 66.4. The number of nitrogens with one attached hydrogen (secondary N) is 1. The van der Waals surface area contributed by atoms with Crippen LogP contribution in [0.15, 0.2) is 72.9 Å². The first-order valence-electron chi connectivity index (χ1n) is 37.2. The summed E-state index contributed by atoms with van der Waals surface area (Å²) in [7, 11) is 1.19. The molecule has 0 bridgehead atoms. The molecule has 0 aromatic carbocycles. The zero-order chi connectivity index (χ0) is 63.5. The van der Waals surface area contributed by atoms with Crippen molar-refractivity contribution < 1.29 is 37.3 Å². The molecule has 0 spiro atoms. The van der Waals surface area contributed by atoms with E-state index in [1.165, 1.54) is 244 Å². The Morgan fingerprint density at radius 3 is 1.07 bits per heavy atom. The van der Waals surface area contributed by atoms with Gasteiger partial charge in [-0.15, -0.1) is 0 Å². The lowest BCUT2D eigenvalue weighted by Crippen LogP contribution is -2.47. The first kappa shape index (κ1) is 84.5. The molecule has 0 aliphatic heterocycles. The number of hydrogen-bond acceptors (Lipinski definition) is 7. The van der Waals surface area contributed by atoms with Gasteiger partial charge in [0.05, 0.1) is 33.8 Å². The van der Waals surface area contributed by atoms with E-state index in [1.807, 2.05) is 33.3 Å². The maximum Gasteiger partial charge on any atom is 0.306 e. The van der Waals surface area contributed by atoms with Crippen LogP contribution in [0.3, 0.4) is 0 Å².